The third-order valence-electron chi connectivity index (χ3n) is 3.20. The molecule has 112 valence electrons. The molecular weight excluding hydrogens is 290 g/mol. The normalized spacial score (nSPS) is 10.3. The van der Waals surface area contributed by atoms with Crippen LogP contribution in [0.1, 0.15) is 17.0 Å². The van der Waals surface area contributed by atoms with Gasteiger partial charge in [-0.05, 0) is 26.0 Å². The van der Waals surface area contributed by atoms with Gasteiger partial charge in [0.05, 0.1) is 25.6 Å². The Kier molecular flexibility index (Phi) is 4.85. The Balaban J connectivity index is 2.18. The SMILES string of the molecule is COc1ccc(CNc2nc(C)c(C)nc2Cl)c(OC)c1. The summed E-state index contributed by atoms with van der Waals surface area (Å²) in [5, 5.41) is 3.55. The smallest absolute Gasteiger partial charge is 0.171 e. The quantitative estimate of drug-likeness (QED) is 0.917. The molecule has 6 heteroatoms. The summed E-state index contributed by atoms with van der Waals surface area (Å²) in [7, 11) is 3.25. The van der Waals surface area contributed by atoms with Crippen LogP contribution in [0, 0.1) is 13.8 Å². The summed E-state index contributed by atoms with van der Waals surface area (Å²) in [5.41, 5.74) is 2.66. The maximum Gasteiger partial charge on any atom is 0.171 e. The van der Waals surface area contributed by atoms with Gasteiger partial charge in [-0.25, -0.2) is 9.97 Å². The lowest BCUT2D eigenvalue weighted by Gasteiger charge is -2.13. The number of hydrogen-bond acceptors (Lipinski definition) is 5. The average Bonchev–Trinajstić information content (AvgIpc) is 2.49. The van der Waals surface area contributed by atoms with Crippen LogP contribution in [0.2, 0.25) is 5.15 Å². The fourth-order valence-corrected chi connectivity index (χ4v) is 2.10. The molecule has 0 bridgehead atoms. The molecule has 0 unspecified atom stereocenters. The summed E-state index contributed by atoms with van der Waals surface area (Å²) in [6, 6.07) is 5.66. The highest BCUT2D eigenvalue weighted by atomic mass is 35.5. The zero-order valence-electron chi connectivity index (χ0n) is 12.5. The molecule has 0 spiro atoms. The minimum absolute atomic E-state index is 0.366. The third kappa shape index (κ3) is 3.55. The second kappa shape index (κ2) is 6.63. The van der Waals surface area contributed by atoms with Crippen molar-refractivity contribution >= 4 is 17.4 Å². The van der Waals surface area contributed by atoms with E-state index in [1.165, 1.54) is 0 Å². The Morgan fingerprint density at radius 3 is 2.48 bits per heavy atom. The van der Waals surface area contributed by atoms with Crippen molar-refractivity contribution < 1.29 is 9.47 Å². The predicted molar refractivity (Wildman–Crippen MR) is 83.4 cm³/mol. The molecule has 0 fully saturated rings. The van der Waals surface area contributed by atoms with E-state index < -0.39 is 0 Å². The molecule has 1 heterocycles. The van der Waals surface area contributed by atoms with E-state index in [1.807, 2.05) is 32.0 Å². The number of hydrogen-bond donors (Lipinski definition) is 1. The van der Waals surface area contributed by atoms with E-state index in [2.05, 4.69) is 15.3 Å². The largest absolute Gasteiger partial charge is 0.497 e. The molecule has 5 nitrogen and oxygen atoms in total. The van der Waals surface area contributed by atoms with Crippen molar-refractivity contribution in [3.63, 3.8) is 0 Å². The fourth-order valence-electron chi connectivity index (χ4n) is 1.87. The van der Waals surface area contributed by atoms with Gasteiger partial charge >= 0.3 is 0 Å². The molecule has 0 aliphatic carbocycles. The zero-order chi connectivity index (χ0) is 15.4. The molecule has 0 amide bonds. The Hall–Kier alpha value is -2.01. The standard InChI is InChI=1S/C15H18ClN3O2/c1-9-10(2)19-15(14(16)18-9)17-8-11-5-6-12(20-3)7-13(11)21-4/h5-7H,8H2,1-4H3,(H,17,19). The van der Waals surface area contributed by atoms with Crippen molar-refractivity contribution in [1.82, 2.24) is 9.97 Å². The second-order valence-corrected chi connectivity index (χ2v) is 4.92. The van der Waals surface area contributed by atoms with Gasteiger partial charge in [0.1, 0.15) is 11.5 Å². The van der Waals surface area contributed by atoms with Crippen LogP contribution in [0.3, 0.4) is 0 Å². The van der Waals surface area contributed by atoms with Crippen molar-refractivity contribution in [1.29, 1.82) is 0 Å². The molecule has 1 N–H and O–H groups in total. The molecule has 0 aliphatic heterocycles. The average molecular weight is 308 g/mol. The third-order valence-corrected chi connectivity index (χ3v) is 3.47. The van der Waals surface area contributed by atoms with E-state index in [1.54, 1.807) is 14.2 Å². The molecule has 0 atom stereocenters. The fraction of sp³-hybridized carbons (Fsp3) is 0.333. The molecule has 0 aliphatic rings. The lowest BCUT2D eigenvalue weighted by Crippen LogP contribution is -2.06. The van der Waals surface area contributed by atoms with Crippen LogP contribution < -0.4 is 14.8 Å². The van der Waals surface area contributed by atoms with Crippen molar-refractivity contribution in [2.24, 2.45) is 0 Å². The number of benzene rings is 1. The summed E-state index contributed by atoms with van der Waals surface area (Å²) in [6.45, 7) is 4.31. The minimum atomic E-state index is 0.366. The molecule has 0 radical (unpaired) electrons. The summed E-state index contributed by atoms with van der Waals surface area (Å²) >= 11 is 6.10. The summed E-state index contributed by atoms with van der Waals surface area (Å²) in [6.07, 6.45) is 0. The number of nitrogens with zero attached hydrogens (tertiary/aromatic N) is 2. The van der Waals surface area contributed by atoms with Gasteiger partial charge in [0.2, 0.25) is 0 Å². The van der Waals surface area contributed by atoms with Crippen molar-refractivity contribution in [3.8, 4) is 11.5 Å². The molecule has 2 aromatic rings. The van der Waals surface area contributed by atoms with Crippen LogP contribution in [0.4, 0.5) is 5.82 Å². The van der Waals surface area contributed by atoms with Crippen LogP contribution in [0.15, 0.2) is 18.2 Å². The van der Waals surface area contributed by atoms with E-state index >= 15 is 0 Å². The number of ether oxygens (including phenoxy) is 2. The van der Waals surface area contributed by atoms with Crippen LogP contribution >= 0.6 is 11.6 Å². The van der Waals surface area contributed by atoms with E-state index in [4.69, 9.17) is 21.1 Å². The molecule has 1 aromatic carbocycles. The highest BCUT2D eigenvalue weighted by Crippen LogP contribution is 2.26. The van der Waals surface area contributed by atoms with Gasteiger partial charge in [0, 0.05) is 18.2 Å². The second-order valence-electron chi connectivity index (χ2n) is 4.57. The molecule has 2 rings (SSSR count). The number of methoxy groups -OCH3 is 2. The van der Waals surface area contributed by atoms with Gasteiger partial charge in [-0.15, -0.1) is 0 Å². The van der Waals surface area contributed by atoms with Crippen LogP contribution in [-0.4, -0.2) is 24.2 Å². The number of anilines is 1. The van der Waals surface area contributed by atoms with Gasteiger partial charge in [-0.3, -0.25) is 0 Å². The first-order chi connectivity index (χ1) is 10.0. The van der Waals surface area contributed by atoms with Crippen LogP contribution in [0.25, 0.3) is 0 Å². The van der Waals surface area contributed by atoms with E-state index in [-0.39, 0.29) is 0 Å². The summed E-state index contributed by atoms with van der Waals surface area (Å²) in [5.74, 6) is 2.06. The molecule has 1 aromatic heterocycles. The molecule has 0 saturated heterocycles. The topological polar surface area (TPSA) is 56.3 Å². The summed E-state index contributed by atoms with van der Waals surface area (Å²) in [4.78, 5) is 8.65. The summed E-state index contributed by atoms with van der Waals surface area (Å²) < 4.78 is 10.5. The van der Waals surface area contributed by atoms with E-state index in [0.29, 0.717) is 17.5 Å². The predicted octanol–water partition coefficient (Wildman–Crippen LogP) is 3.38. The lowest BCUT2D eigenvalue weighted by molar-refractivity contribution is 0.391. The van der Waals surface area contributed by atoms with Crippen molar-refractivity contribution in [2.75, 3.05) is 19.5 Å². The Bertz CT molecular complexity index is 647. The van der Waals surface area contributed by atoms with Gasteiger partial charge in [-0.1, -0.05) is 11.6 Å². The molecule has 0 saturated carbocycles. The van der Waals surface area contributed by atoms with E-state index in [0.717, 1.165) is 28.5 Å². The number of aromatic nitrogens is 2. The highest BCUT2D eigenvalue weighted by molar-refractivity contribution is 6.31. The first-order valence-electron chi connectivity index (χ1n) is 6.50. The molecule has 21 heavy (non-hydrogen) atoms. The lowest BCUT2D eigenvalue weighted by atomic mass is 10.2. The van der Waals surface area contributed by atoms with Crippen molar-refractivity contribution in [3.05, 3.63) is 40.3 Å². The zero-order valence-corrected chi connectivity index (χ0v) is 13.3. The Morgan fingerprint density at radius 2 is 1.81 bits per heavy atom. The van der Waals surface area contributed by atoms with Gasteiger partial charge in [0.15, 0.2) is 11.0 Å². The van der Waals surface area contributed by atoms with Crippen molar-refractivity contribution in [2.45, 2.75) is 20.4 Å². The maximum absolute atomic E-state index is 6.10. The van der Waals surface area contributed by atoms with Crippen LogP contribution in [0.5, 0.6) is 11.5 Å². The monoisotopic (exact) mass is 307 g/mol. The van der Waals surface area contributed by atoms with Gasteiger partial charge in [-0.2, -0.15) is 0 Å². The highest BCUT2D eigenvalue weighted by Gasteiger charge is 2.09. The minimum Gasteiger partial charge on any atom is -0.497 e. The number of aryl methyl sites for hydroxylation is 2. The van der Waals surface area contributed by atoms with Gasteiger partial charge < -0.3 is 14.8 Å². The van der Waals surface area contributed by atoms with E-state index in [9.17, 15) is 0 Å². The Morgan fingerprint density at radius 1 is 1.10 bits per heavy atom. The number of nitrogens with one attached hydrogen (secondary N) is 1. The first kappa shape index (κ1) is 15.4. The van der Waals surface area contributed by atoms with Gasteiger partial charge in [0.25, 0.3) is 0 Å². The van der Waals surface area contributed by atoms with Crippen LogP contribution in [-0.2, 0) is 6.54 Å². The number of halogens is 1. The maximum atomic E-state index is 6.10. The first-order valence-corrected chi connectivity index (χ1v) is 6.88. The number of rotatable bonds is 5. The molecular formula is C15H18ClN3O2. The Labute approximate surface area is 129 Å².